The van der Waals surface area contributed by atoms with Crippen molar-refractivity contribution in [3.05, 3.63) is 11.7 Å². The van der Waals surface area contributed by atoms with E-state index in [1.165, 1.54) is 0 Å². The fourth-order valence-electron chi connectivity index (χ4n) is 2.38. The summed E-state index contributed by atoms with van der Waals surface area (Å²) in [7, 11) is 0. The van der Waals surface area contributed by atoms with Gasteiger partial charge in [-0.25, -0.2) is 4.99 Å². The van der Waals surface area contributed by atoms with E-state index in [1.807, 2.05) is 6.92 Å². The minimum atomic E-state index is -0.692. The van der Waals surface area contributed by atoms with Gasteiger partial charge in [0, 0.05) is 20.0 Å². The molecule has 0 saturated heterocycles. The van der Waals surface area contributed by atoms with Gasteiger partial charge in [-0.1, -0.05) is 31.8 Å². The molecule has 1 aromatic rings. The van der Waals surface area contributed by atoms with Crippen molar-refractivity contribution in [2.45, 2.75) is 65.5 Å². The topological polar surface area (TPSA) is 95.6 Å². The molecule has 0 radical (unpaired) electrons. The van der Waals surface area contributed by atoms with Gasteiger partial charge in [-0.2, -0.15) is 4.98 Å². The fraction of sp³-hybridized carbons (Fsp3) is 0.800. The summed E-state index contributed by atoms with van der Waals surface area (Å²) in [5, 5.41) is 20.8. The van der Waals surface area contributed by atoms with Crippen LogP contribution in [0, 0.1) is 6.92 Å². The van der Waals surface area contributed by atoms with E-state index in [1.54, 1.807) is 6.92 Å². The monoisotopic (exact) mass is 439 g/mol. The van der Waals surface area contributed by atoms with Crippen LogP contribution >= 0.6 is 24.0 Å². The summed E-state index contributed by atoms with van der Waals surface area (Å²) in [5.41, 5.74) is -0.692. The first kappa shape index (κ1) is 22.1. The Morgan fingerprint density at radius 2 is 1.87 bits per heavy atom. The number of halogens is 1. The summed E-state index contributed by atoms with van der Waals surface area (Å²) < 4.78 is 4.92. The summed E-state index contributed by atoms with van der Waals surface area (Å²) in [6.07, 6.45) is 3.45. The number of hydrogen-bond donors (Lipinski definition) is 3. The van der Waals surface area contributed by atoms with Gasteiger partial charge in [0.2, 0.25) is 5.89 Å². The molecule has 0 atom stereocenters. The predicted octanol–water partition coefficient (Wildman–Crippen LogP) is 2.38. The standard InChI is InChI=1S/C15H29N5O2.HI/c1-5-8-15(21,9-6-2)11-18-14(16-7-3)17-10-13-19-12(4)22-20-13;/h21H,5-11H2,1-4H3,(H2,16,17,18);1H. The third-order valence-electron chi connectivity index (χ3n) is 3.31. The highest BCUT2D eigenvalue weighted by atomic mass is 127. The smallest absolute Gasteiger partial charge is 0.223 e. The largest absolute Gasteiger partial charge is 0.388 e. The maximum Gasteiger partial charge on any atom is 0.223 e. The Labute approximate surface area is 155 Å². The number of aliphatic imine (C=N–C) groups is 1. The maximum absolute atomic E-state index is 10.6. The lowest BCUT2D eigenvalue weighted by Crippen LogP contribution is -2.47. The molecule has 0 amide bonds. The molecule has 0 bridgehead atoms. The van der Waals surface area contributed by atoms with E-state index in [2.05, 4.69) is 39.6 Å². The highest BCUT2D eigenvalue weighted by Gasteiger charge is 2.24. The number of hydrogen-bond acceptors (Lipinski definition) is 5. The van der Waals surface area contributed by atoms with Gasteiger partial charge >= 0.3 is 0 Å². The number of aromatic nitrogens is 2. The molecule has 0 aliphatic rings. The van der Waals surface area contributed by atoms with Crippen molar-refractivity contribution >= 4 is 29.9 Å². The van der Waals surface area contributed by atoms with Gasteiger partial charge in [0.1, 0.15) is 6.54 Å². The second-order valence-electron chi connectivity index (χ2n) is 5.50. The molecule has 0 unspecified atom stereocenters. The zero-order valence-corrected chi connectivity index (χ0v) is 16.9. The minimum absolute atomic E-state index is 0. The van der Waals surface area contributed by atoms with Crippen LogP contribution < -0.4 is 10.6 Å². The Kier molecular flexibility index (Phi) is 11.2. The highest BCUT2D eigenvalue weighted by Crippen LogP contribution is 2.18. The van der Waals surface area contributed by atoms with E-state index in [9.17, 15) is 5.11 Å². The molecule has 1 rings (SSSR count). The van der Waals surface area contributed by atoms with Gasteiger partial charge in [0.25, 0.3) is 0 Å². The summed E-state index contributed by atoms with van der Waals surface area (Å²) >= 11 is 0. The first-order valence-corrected chi connectivity index (χ1v) is 8.06. The van der Waals surface area contributed by atoms with Crippen molar-refractivity contribution in [2.75, 3.05) is 13.1 Å². The van der Waals surface area contributed by atoms with Crippen molar-refractivity contribution in [1.82, 2.24) is 20.8 Å². The third-order valence-corrected chi connectivity index (χ3v) is 3.31. The molecule has 0 aromatic carbocycles. The quantitative estimate of drug-likeness (QED) is 0.311. The Hall–Kier alpha value is -0.900. The van der Waals surface area contributed by atoms with Gasteiger partial charge in [-0.05, 0) is 19.8 Å². The van der Waals surface area contributed by atoms with Crippen LogP contribution in [0.15, 0.2) is 9.52 Å². The minimum Gasteiger partial charge on any atom is -0.388 e. The predicted molar refractivity (Wildman–Crippen MR) is 102 cm³/mol. The molecule has 0 aliphatic carbocycles. The van der Waals surface area contributed by atoms with Gasteiger partial charge in [0.15, 0.2) is 11.8 Å². The number of rotatable bonds is 9. The first-order valence-electron chi connectivity index (χ1n) is 8.06. The van der Waals surface area contributed by atoms with E-state index < -0.39 is 5.60 Å². The second-order valence-corrected chi connectivity index (χ2v) is 5.50. The van der Waals surface area contributed by atoms with Crippen molar-refractivity contribution in [1.29, 1.82) is 0 Å². The molecule has 1 aromatic heterocycles. The summed E-state index contributed by atoms with van der Waals surface area (Å²) in [6.45, 7) is 9.48. The normalized spacial score (nSPS) is 12.0. The zero-order valence-electron chi connectivity index (χ0n) is 14.6. The SMILES string of the molecule is CCCC(O)(CCC)CNC(=NCc1noc(C)n1)NCC.I. The van der Waals surface area contributed by atoms with Crippen LogP contribution in [0.25, 0.3) is 0 Å². The average molecular weight is 439 g/mol. The molecular weight excluding hydrogens is 409 g/mol. The van der Waals surface area contributed by atoms with E-state index >= 15 is 0 Å². The number of nitrogens with one attached hydrogen (secondary N) is 2. The molecule has 134 valence electrons. The Bertz CT molecular complexity index is 458. The molecule has 7 nitrogen and oxygen atoms in total. The van der Waals surface area contributed by atoms with Crippen LogP contribution in [0.2, 0.25) is 0 Å². The van der Waals surface area contributed by atoms with Gasteiger partial charge in [-0.3, -0.25) is 0 Å². The molecule has 0 aliphatic heterocycles. The maximum atomic E-state index is 10.6. The molecule has 1 heterocycles. The third kappa shape index (κ3) is 8.50. The van der Waals surface area contributed by atoms with E-state index in [0.717, 1.165) is 32.2 Å². The lowest BCUT2D eigenvalue weighted by Gasteiger charge is -2.28. The number of aryl methyl sites for hydroxylation is 1. The molecular formula is C15H30IN5O2. The van der Waals surface area contributed by atoms with Crippen LogP contribution in [0.1, 0.15) is 58.2 Å². The van der Waals surface area contributed by atoms with Crippen LogP contribution in [0.5, 0.6) is 0 Å². The first-order chi connectivity index (χ1) is 10.5. The van der Waals surface area contributed by atoms with Crippen molar-refractivity contribution in [3.63, 3.8) is 0 Å². The number of aliphatic hydroxyl groups is 1. The van der Waals surface area contributed by atoms with E-state index in [-0.39, 0.29) is 24.0 Å². The van der Waals surface area contributed by atoms with Crippen LogP contribution in [0.4, 0.5) is 0 Å². The molecule has 0 saturated carbocycles. The Balaban J connectivity index is 0.00000484. The fourth-order valence-corrected chi connectivity index (χ4v) is 2.38. The Morgan fingerprint density at radius 1 is 1.22 bits per heavy atom. The summed E-state index contributed by atoms with van der Waals surface area (Å²) in [4.78, 5) is 8.54. The number of guanidine groups is 1. The van der Waals surface area contributed by atoms with Crippen molar-refractivity contribution < 1.29 is 9.63 Å². The van der Waals surface area contributed by atoms with Gasteiger partial charge in [-0.15, -0.1) is 24.0 Å². The van der Waals surface area contributed by atoms with Crippen molar-refractivity contribution in [2.24, 2.45) is 4.99 Å². The Morgan fingerprint density at radius 3 is 2.35 bits per heavy atom. The zero-order chi connectivity index (χ0) is 16.4. The van der Waals surface area contributed by atoms with E-state index in [0.29, 0.717) is 30.8 Å². The summed E-state index contributed by atoms with van der Waals surface area (Å²) in [5.74, 6) is 1.73. The molecule has 23 heavy (non-hydrogen) atoms. The number of nitrogens with zero attached hydrogens (tertiary/aromatic N) is 3. The van der Waals surface area contributed by atoms with Crippen LogP contribution in [0.3, 0.4) is 0 Å². The molecule has 3 N–H and O–H groups in total. The lowest BCUT2D eigenvalue weighted by molar-refractivity contribution is 0.0257. The average Bonchev–Trinajstić information content (AvgIpc) is 2.88. The van der Waals surface area contributed by atoms with Gasteiger partial charge < -0.3 is 20.3 Å². The van der Waals surface area contributed by atoms with Crippen LogP contribution in [-0.4, -0.2) is 39.9 Å². The molecule has 0 fully saturated rings. The second kappa shape index (κ2) is 11.6. The van der Waals surface area contributed by atoms with E-state index in [4.69, 9.17) is 4.52 Å². The lowest BCUT2D eigenvalue weighted by atomic mass is 9.93. The van der Waals surface area contributed by atoms with Crippen molar-refractivity contribution in [3.8, 4) is 0 Å². The highest BCUT2D eigenvalue weighted by molar-refractivity contribution is 14.0. The van der Waals surface area contributed by atoms with Gasteiger partial charge in [0.05, 0.1) is 5.60 Å². The van der Waals surface area contributed by atoms with Crippen LogP contribution in [-0.2, 0) is 6.54 Å². The molecule has 8 heteroatoms. The summed E-state index contributed by atoms with van der Waals surface area (Å²) in [6, 6.07) is 0. The molecule has 0 spiro atoms.